The van der Waals surface area contributed by atoms with Crippen molar-refractivity contribution in [3.05, 3.63) is 12.2 Å². The van der Waals surface area contributed by atoms with Gasteiger partial charge in [-0.15, -0.1) is 0 Å². The quantitative estimate of drug-likeness (QED) is 0.420. The summed E-state index contributed by atoms with van der Waals surface area (Å²) in [5.41, 5.74) is 0. The summed E-state index contributed by atoms with van der Waals surface area (Å²) in [7, 11) is 0. The molecule has 0 aromatic heterocycles. The minimum absolute atomic E-state index is 0.532. The fourth-order valence-electron chi connectivity index (χ4n) is 1.97. The van der Waals surface area contributed by atoms with Gasteiger partial charge in [-0.1, -0.05) is 12.2 Å². The Kier molecular flexibility index (Phi) is 0.406. The van der Waals surface area contributed by atoms with Crippen molar-refractivity contribution in [2.24, 2.45) is 11.8 Å². The number of fused-ring (bicyclic) bond motifs is 5. The first-order chi connectivity index (χ1) is 3.95. The number of rotatable bonds is 0. The van der Waals surface area contributed by atoms with Crippen LogP contribution in [-0.4, -0.2) is 12.2 Å². The summed E-state index contributed by atoms with van der Waals surface area (Å²) in [5, 5.41) is 0. The van der Waals surface area contributed by atoms with Crippen molar-refractivity contribution in [2.45, 2.75) is 18.6 Å². The molecule has 2 aliphatic heterocycles. The SMILES string of the molecule is C1=C[C@H]2O[C@@H]1[C@@H]1C[C@@H]12. The van der Waals surface area contributed by atoms with Crippen molar-refractivity contribution in [2.75, 3.05) is 0 Å². The van der Waals surface area contributed by atoms with Gasteiger partial charge in [-0.2, -0.15) is 0 Å². The Labute approximate surface area is 48.3 Å². The molecule has 1 nitrogen and oxygen atoms in total. The standard InChI is InChI=1S/C7H8O/c1-2-7-5-3-4(5)6(1)8-7/h1-2,4-7H,3H2/t4-,5+,6+,7-. The molecule has 42 valence electrons. The van der Waals surface area contributed by atoms with Crippen molar-refractivity contribution in [1.82, 2.24) is 0 Å². The van der Waals surface area contributed by atoms with Crippen LogP contribution in [0.15, 0.2) is 12.2 Å². The van der Waals surface area contributed by atoms with E-state index in [-0.39, 0.29) is 0 Å². The molecule has 1 saturated carbocycles. The molecule has 1 aliphatic carbocycles. The highest BCUT2D eigenvalue weighted by Crippen LogP contribution is 2.55. The molecule has 1 saturated heterocycles. The van der Waals surface area contributed by atoms with Crippen LogP contribution in [0.1, 0.15) is 6.42 Å². The molecule has 2 heterocycles. The van der Waals surface area contributed by atoms with E-state index in [1.165, 1.54) is 6.42 Å². The Morgan fingerprint density at radius 3 is 2.12 bits per heavy atom. The lowest BCUT2D eigenvalue weighted by atomic mass is 10.1. The monoisotopic (exact) mass is 108 g/mol. The van der Waals surface area contributed by atoms with Crippen molar-refractivity contribution in [1.29, 1.82) is 0 Å². The molecule has 0 radical (unpaired) electrons. The number of hydrogen-bond acceptors (Lipinski definition) is 1. The van der Waals surface area contributed by atoms with Crippen LogP contribution in [-0.2, 0) is 4.74 Å². The predicted octanol–water partition coefficient (Wildman–Crippen LogP) is 0.960. The van der Waals surface area contributed by atoms with Gasteiger partial charge in [-0.05, 0) is 18.3 Å². The molecular weight excluding hydrogens is 100 g/mol. The third-order valence-corrected chi connectivity index (χ3v) is 2.54. The highest BCUT2D eigenvalue weighted by Gasteiger charge is 2.56. The summed E-state index contributed by atoms with van der Waals surface area (Å²) >= 11 is 0. The summed E-state index contributed by atoms with van der Waals surface area (Å²) in [6.45, 7) is 0. The molecule has 4 atom stereocenters. The Hall–Kier alpha value is -0.300. The second kappa shape index (κ2) is 0.883. The summed E-state index contributed by atoms with van der Waals surface area (Å²) in [5.74, 6) is 1.87. The van der Waals surface area contributed by atoms with Gasteiger partial charge in [-0.25, -0.2) is 0 Å². The molecule has 0 amide bonds. The van der Waals surface area contributed by atoms with Crippen LogP contribution in [0.3, 0.4) is 0 Å². The second-order valence-electron chi connectivity index (χ2n) is 3.01. The maximum Gasteiger partial charge on any atom is 0.0796 e. The van der Waals surface area contributed by atoms with Crippen LogP contribution in [0.5, 0.6) is 0 Å². The van der Waals surface area contributed by atoms with Crippen LogP contribution in [0.4, 0.5) is 0 Å². The maximum absolute atomic E-state index is 5.52. The van der Waals surface area contributed by atoms with Crippen LogP contribution in [0.25, 0.3) is 0 Å². The van der Waals surface area contributed by atoms with E-state index in [0.717, 1.165) is 11.8 Å². The lowest BCUT2D eigenvalue weighted by molar-refractivity contribution is 0.0880. The first-order valence-corrected chi connectivity index (χ1v) is 3.29. The summed E-state index contributed by atoms with van der Waals surface area (Å²) in [6.07, 6.45) is 6.94. The average Bonchev–Trinajstić information content (AvgIpc) is 2.39. The Balaban J connectivity index is 2.12. The molecule has 0 N–H and O–H groups in total. The van der Waals surface area contributed by atoms with Gasteiger partial charge < -0.3 is 4.74 Å². The minimum Gasteiger partial charge on any atom is -0.366 e. The third-order valence-electron chi connectivity index (χ3n) is 2.54. The van der Waals surface area contributed by atoms with Gasteiger partial charge in [0.25, 0.3) is 0 Å². The average molecular weight is 108 g/mol. The van der Waals surface area contributed by atoms with Gasteiger partial charge in [-0.3, -0.25) is 0 Å². The summed E-state index contributed by atoms with van der Waals surface area (Å²) in [4.78, 5) is 0. The van der Waals surface area contributed by atoms with Gasteiger partial charge >= 0.3 is 0 Å². The van der Waals surface area contributed by atoms with Gasteiger partial charge in [0.05, 0.1) is 12.2 Å². The van der Waals surface area contributed by atoms with Crippen LogP contribution >= 0.6 is 0 Å². The van der Waals surface area contributed by atoms with E-state index < -0.39 is 0 Å². The number of ether oxygens (including phenoxy) is 1. The summed E-state index contributed by atoms with van der Waals surface area (Å²) < 4.78 is 5.52. The van der Waals surface area contributed by atoms with Crippen LogP contribution < -0.4 is 0 Å². The third kappa shape index (κ3) is 0.244. The fourth-order valence-corrected chi connectivity index (χ4v) is 1.97. The first kappa shape index (κ1) is 3.67. The molecule has 3 aliphatic rings. The van der Waals surface area contributed by atoms with Crippen molar-refractivity contribution in [3.63, 3.8) is 0 Å². The van der Waals surface area contributed by atoms with Crippen molar-refractivity contribution in [3.8, 4) is 0 Å². The van der Waals surface area contributed by atoms with Crippen LogP contribution in [0, 0.1) is 11.8 Å². The van der Waals surface area contributed by atoms with Crippen molar-refractivity contribution < 1.29 is 4.74 Å². The second-order valence-corrected chi connectivity index (χ2v) is 3.01. The molecule has 2 fully saturated rings. The highest BCUT2D eigenvalue weighted by molar-refractivity contribution is 5.21. The largest absolute Gasteiger partial charge is 0.366 e. The van der Waals surface area contributed by atoms with E-state index >= 15 is 0 Å². The molecule has 0 aromatic rings. The van der Waals surface area contributed by atoms with E-state index in [9.17, 15) is 0 Å². The maximum atomic E-state index is 5.52. The smallest absolute Gasteiger partial charge is 0.0796 e. The van der Waals surface area contributed by atoms with E-state index in [2.05, 4.69) is 12.2 Å². The Morgan fingerprint density at radius 2 is 1.75 bits per heavy atom. The Bertz CT molecular complexity index is 146. The molecule has 0 spiro atoms. The zero-order chi connectivity index (χ0) is 5.14. The first-order valence-electron chi connectivity index (χ1n) is 3.29. The summed E-state index contributed by atoms with van der Waals surface area (Å²) in [6, 6.07) is 0. The lowest BCUT2D eigenvalue weighted by Gasteiger charge is -2.01. The number of hydrogen-bond donors (Lipinski definition) is 0. The van der Waals surface area contributed by atoms with Gasteiger partial charge in [0.15, 0.2) is 0 Å². The zero-order valence-corrected chi connectivity index (χ0v) is 4.58. The predicted molar refractivity (Wildman–Crippen MR) is 29.4 cm³/mol. The molecule has 0 unspecified atom stereocenters. The lowest BCUT2D eigenvalue weighted by Crippen LogP contribution is -2.04. The van der Waals surface area contributed by atoms with E-state index in [1.54, 1.807) is 0 Å². The van der Waals surface area contributed by atoms with E-state index in [1.807, 2.05) is 0 Å². The van der Waals surface area contributed by atoms with Gasteiger partial charge in [0.1, 0.15) is 0 Å². The van der Waals surface area contributed by atoms with Crippen LogP contribution in [0.2, 0.25) is 0 Å². The highest BCUT2D eigenvalue weighted by atomic mass is 16.5. The molecule has 8 heavy (non-hydrogen) atoms. The van der Waals surface area contributed by atoms with E-state index in [4.69, 9.17) is 4.74 Å². The normalized spacial score (nSPS) is 64.0. The van der Waals surface area contributed by atoms with E-state index in [0.29, 0.717) is 12.2 Å². The Morgan fingerprint density at radius 1 is 1.12 bits per heavy atom. The van der Waals surface area contributed by atoms with Crippen molar-refractivity contribution >= 4 is 0 Å². The van der Waals surface area contributed by atoms with Gasteiger partial charge in [0.2, 0.25) is 0 Å². The molecule has 0 aromatic carbocycles. The molecule has 3 rings (SSSR count). The fraction of sp³-hybridized carbons (Fsp3) is 0.714. The zero-order valence-electron chi connectivity index (χ0n) is 4.58. The molecule has 2 bridgehead atoms. The molecular formula is C7H8O. The van der Waals surface area contributed by atoms with Gasteiger partial charge in [0, 0.05) is 0 Å². The molecule has 1 heteroatoms. The minimum atomic E-state index is 0.532. The topological polar surface area (TPSA) is 9.23 Å².